The molecule has 1 N–H and O–H groups in total. The minimum Gasteiger partial charge on any atom is -0.508 e. The van der Waals surface area contributed by atoms with Gasteiger partial charge in [0.2, 0.25) is 0 Å². The van der Waals surface area contributed by atoms with Gasteiger partial charge in [-0.2, -0.15) is 5.26 Å². The predicted molar refractivity (Wildman–Crippen MR) is 124 cm³/mol. The molecule has 1 aromatic carbocycles. The van der Waals surface area contributed by atoms with E-state index in [9.17, 15) is 15.2 Å². The molecule has 0 radical (unpaired) electrons. The summed E-state index contributed by atoms with van der Waals surface area (Å²) in [7, 11) is 1.65. The van der Waals surface area contributed by atoms with Crippen LogP contribution in [0.25, 0.3) is 11.0 Å². The maximum atomic E-state index is 12.8. The summed E-state index contributed by atoms with van der Waals surface area (Å²) in [5.74, 6) is 1.01. The molecule has 3 aromatic rings. The second kappa shape index (κ2) is 7.96. The zero-order valence-corrected chi connectivity index (χ0v) is 18.9. The number of anilines is 1. The maximum absolute atomic E-state index is 12.8. The van der Waals surface area contributed by atoms with Crippen molar-refractivity contribution in [1.82, 2.24) is 14.5 Å². The van der Waals surface area contributed by atoms with E-state index < -0.39 is 0 Å². The zero-order valence-electron chi connectivity index (χ0n) is 17.4. The number of fused-ring (bicyclic) bond motifs is 2. The van der Waals surface area contributed by atoms with E-state index in [-0.39, 0.29) is 16.9 Å². The smallest absolute Gasteiger partial charge is 0.270 e. The standard InChI is InChI=1S/C23H21Cl2N5O2/c1-28-18-4-5-20(25)27-21(18)22(17(7-26)23(28)32)30-11-14-9-29(10-15(14)12-30)8-13-2-3-16(24)6-19(13)31/h2-6,14-15,31H,8-12H2,1H3/t14-,15-/m1/s1. The Morgan fingerprint density at radius 2 is 1.88 bits per heavy atom. The van der Waals surface area contributed by atoms with E-state index in [0.717, 1.165) is 31.7 Å². The number of aromatic hydroxyl groups is 1. The Kier molecular flexibility index (Phi) is 5.25. The van der Waals surface area contributed by atoms with Gasteiger partial charge in [-0.15, -0.1) is 0 Å². The molecule has 32 heavy (non-hydrogen) atoms. The lowest BCUT2D eigenvalue weighted by Crippen LogP contribution is -2.32. The van der Waals surface area contributed by atoms with E-state index in [0.29, 0.717) is 45.3 Å². The van der Waals surface area contributed by atoms with E-state index in [2.05, 4.69) is 20.9 Å². The number of rotatable bonds is 3. The van der Waals surface area contributed by atoms with Gasteiger partial charge in [0.05, 0.1) is 11.2 Å². The van der Waals surface area contributed by atoms with Crippen molar-refractivity contribution in [1.29, 1.82) is 5.26 Å². The first-order valence-corrected chi connectivity index (χ1v) is 11.2. The molecule has 7 nitrogen and oxygen atoms in total. The monoisotopic (exact) mass is 469 g/mol. The minimum absolute atomic E-state index is 0.109. The highest BCUT2D eigenvalue weighted by Crippen LogP contribution is 2.38. The number of nitriles is 1. The first kappa shape index (κ1) is 21.1. The van der Waals surface area contributed by atoms with Gasteiger partial charge < -0.3 is 14.6 Å². The molecule has 2 aliphatic rings. The Labute approximate surface area is 195 Å². The van der Waals surface area contributed by atoms with E-state index >= 15 is 0 Å². The van der Waals surface area contributed by atoms with Crippen molar-refractivity contribution in [3.8, 4) is 11.8 Å². The van der Waals surface area contributed by atoms with Crippen LogP contribution in [-0.2, 0) is 13.6 Å². The summed E-state index contributed by atoms with van der Waals surface area (Å²) >= 11 is 12.1. The number of halogens is 2. The summed E-state index contributed by atoms with van der Waals surface area (Å²) in [6.45, 7) is 3.88. The SMILES string of the molecule is Cn1c(=O)c(C#N)c(N2C[C@H]3CN(Cc4ccc(Cl)cc4O)C[C@@H]3C2)c2nc(Cl)ccc21. The number of aromatic nitrogens is 2. The fraction of sp³-hybridized carbons (Fsp3) is 0.348. The molecule has 5 rings (SSSR count). The van der Waals surface area contributed by atoms with Gasteiger partial charge in [0, 0.05) is 50.4 Å². The molecule has 0 saturated carbocycles. The molecule has 0 aliphatic carbocycles. The number of benzene rings is 1. The van der Waals surface area contributed by atoms with Crippen LogP contribution in [0.15, 0.2) is 35.1 Å². The molecule has 0 amide bonds. The summed E-state index contributed by atoms with van der Waals surface area (Å²) in [5, 5.41) is 20.8. The number of hydrogen-bond acceptors (Lipinski definition) is 6. The summed E-state index contributed by atoms with van der Waals surface area (Å²) in [5.41, 5.74) is 2.47. The summed E-state index contributed by atoms with van der Waals surface area (Å²) in [4.78, 5) is 21.8. The number of aryl methyl sites for hydroxylation is 1. The normalized spacial score (nSPS) is 20.6. The molecule has 2 atom stereocenters. The van der Waals surface area contributed by atoms with Crippen molar-refractivity contribution in [2.45, 2.75) is 6.54 Å². The molecule has 2 fully saturated rings. The molecule has 0 spiro atoms. The van der Waals surface area contributed by atoms with E-state index in [1.54, 1.807) is 31.3 Å². The van der Waals surface area contributed by atoms with Crippen LogP contribution < -0.4 is 10.5 Å². The number of nitrogens with zero attached hydrogens (tertiary/aromatic N) is 5. The van der Waals surface area contributed by atoms with Gasteiger partial charge in [-0.1, -0.05) is 29.3 Å². The lowest BCUT2D eigenvalue weighted by Gasteiger charge is -2.25. The van der Waals surface area contributed by atoms with Crippen LogP contribution >= 0.6 is 23.2 Å². The Balaban J connectivity index is 1.42. The number of phenols is 1. The third kappa shape index (κ3) is 3.49. The lowest BCUT2D eigenvalue weighted by molar-refractivity contribution is 0.303. The fourth-order valence-corrected chi connectivity index (χ4v) is 5.41. The summed E-state index contributed by atoms with van der Waals surface area (Å²) < 4.78 is 1.46. The molecule has 0 unspecified atom stereocenters. The van der Waals surface area contributed by atoms with Gasteiger partial charge in [0.15, 0.2) is 0 Å². The van der Waals surface area contributed by atoms with Crippen LogP contribution in [0.1, 0.15) is 11.1 Å². The number of phenolic OH excluding ortho intramolecular Hbond substituents is 1. The second-order valence-electron chi connectivity index (χ2n) is 8.59. The van der Waals surface area contributed by atoms with Gasteiger partial charge in [0.1, 0.15) is 28.1 Å². The predicted octanol–water partition coefficient (Wildman–Crippen LogP) is 3.39. The van der Waals surface area contributed by atoms with Crippen molar-refractivity contribution in [2.24, 2.45) is 18.9 Å². The van der Waals surface area contributed by atoms with Crippen LogP contribution in [0.4, 0.5) is 5.69 Å². The maximum Gasteiger partial charge on any atom is 0.270 e. The summed E-state index contributed by atoms with van der Waals surface area (Å²) in [6, 6.07) is 10.7. The summed E-state index contributed by atoms with van der Waals surface area (Å²) in [6.07, 6.45) is 0. The van der Waals surface area contributed by atoms with Crippen molar-refractivity contribution < 1.29 is 5.11 Å². The fourth-order valence-electron chi connectivity index (χ4n) is 5.09. The first-order chi connectivity index (χ1) is 15.4. The number of hydrogen-bond donors (Lipinski definition) is 1. The largest absolute Gasteiger partial charge is 0.508 e. The first-order valence-electron chi connectivity index (χ1n) is 10.4. The third-order valence-electron chi connectivity index (χ3n) is 6.61. The molecule has 164 valence electrons. The van der Waals surface area contributed by atoms with Gasteiger partial charge in [-0.05, 0) is 36.1 Å². The zero-order chi connectivity index (χ0) is 22.6. The van der Waals surface area contributed by atoms with Crippen LogP contribution in [0.3, 0.4) is 0 Å². The highest BCUT2D eigenvalue weighted by Gasteiger charge is 2.41. The number of pyridine rings is 2. The van der Waals surface area contributed by atoms with Gasteiger partial charge in [0.25, 0.3) is 5.56 Å². The van der Waals surface area contributed by atoms with Gasteiger partial charge >= 0.3 is 0 Å². The Bertz CT molecular complexity index is 1320. The van der Waals surface area contributed by atoms with Crippen molar-refractivity contribution in [3.63, 3.8) is 0 Å². The Morgan fingerprint density at radius 3 is 2.53 bits per heavy atom. The quantitative estimate of drug-likeness (QED) is 0.591. The Morgan fingerprint density at radius 1 is 1.16 bits per heavy atom. The van der Waals surface area contributed by atoms with Crippen LogP contribution in [-0.4, -0.2) is 45.7 Å². The van der Waals surface area contributed by atoms with Crippen LogP contribution in [0.2, 0.25) is 10.2 Å². The molecule has 0 bridgehead atoms. The average molecular weight is 470 g/mol. The number of likely N-dealkylation sites (tertiary alicyclic amines) is 1. The molecular weight excluding hydrogens is 449 g/mol. The van der Waals surface area contributed by atoms with Crippen LogP contribution in [0.5, 0.6) is 5.75 Å². The van der Waals surface area contributed by atoms with E-state index in [1.165, 1.54) is 4.57 Å². The molecule has 2 aromatic heterocycles. The van der Waals surface area contributed by atoms with E-state index in [4.69, 9.17) is 23.2 Å². The van der Waals surface area contributed by atoms with Crippen molar-refractivity contribution in [3.05, 3.63) is 62.0 Å². The average Bonchev–Trinajstić information content (AvgIpc) is 3.31. The minimum atomic E-state index is -0.323. The van der Waals surface area contributed by atoms with Gasteiger partial charge in [-0.25, -0.2) is 4.98 Å². The highest BCUT2D eigenvalue weighted by molar-refractivity contribution is 6.30. The lowest BCUT2D eigenvalue weighted by atomic mass is 10.0. The molecule has 9 heteroatoms. The molecular formula is C23H21Cl2N5O2. The van der Waals surface area contributed by atoms with Crippen LogP contribution in [0, 0.1) is 23.2 Å². The highest BCUT2D eigenvalue weighted by atomic mass is 35.5. The second-order valence-corrected chi connectivity index (χ2v) is 9.42. The van der Waals surface area contributed by atoms with Crippen molar-refractivity contribution >= 4 is 39.9 Å². The van der Waals surface area contributed by atoms with E-state index in [1.807, 2.05) is 6.07 Å². The molecule has 4 heterocycles. The van der Waals surface area contributed by atoms with Crippen molar-refractivity contribution in [2.75, 3.05) is 31.1 Å². The third-order valence-corrected chi connectivity index (χ3v) is 7.06. The molecule has 2 saturated heterocycles. The topological polar surface area (TPSA) is 85.4 Å². The Hall–Kier alpha value is -2.79. The molecule has 2 aliphatic heterocycles. The van der Waals surface area contributed by atoms with Gasteiger partial charge in [-0.3, -0.25) is 9.69 Å².